The first kappa shape index (κ1) is 19.5. The lowest BCUT2D eigenvalue weighted by Crippen LogP contribution is -2.30. The molecular formula is C24H25N3O4. The van der Waals surface area contributed by atoms with E-state index in [1.54, 1.807) is 4.68 Å². The summed E-state index contributed by atoms with van der Waals surface area (Å²) in [6.07, 6.45) is 0.902. The monoisotopic (exact) mass is 419 g/mol. The number of carbonyl (C=O) groups is 1. The van der Waals surface area contributed by atoms with Crippen molar-refractivity contribution < 1.29 is 19.0 Å². The van der Waals surface area contributed by atoms with Gasteiger partial charge in [-0.1, -0.05) is 18.2 Å². The predicted molar refractivity (Wildman–Crippen MR) is 115 cm³/mol. The lowest BCUT2D eigenvalue weighted by Gasteiger charge is -2.24. The van der Waals surface area contributed by atoms with Crippen molar-refractivity contribution in [1.82, 2.24) is 14.7 Å². The Balaban J connectivity index is 1.44. The molecule has 5 rings (SSSR count). The Morgan fingerprint density at radius 2 is 1.61 bits per heavy atom. The maximum absolute atomic E-state index is 13.4. The van der Waals surface area contributed by atoms with Gasteiger partial charge in [0, 0.05) is 32.3 Å². The maximum atomic E-state index is 13.4. The molecule has 0 bridgehead atoms. The molecule has 7 nitrogen and oxygen atoms in total. The van der Waals surface area contributed by atoms with Crippen LogP contribution in [0, 0.1) is 6.92 Å². The van der Waals surface area contributed by atoms with Crippen LogP contribution in [0.4, 0.5) is 0 Å². The van der Waals surface area contributed by atoms with Gasteiger partial charge >= 0.3 is 0 Å². The van der Waals surface area contributed by atoms with Crippen LogP contribution in [0.3, 0.4) is 0 Å². The maximum Gasteiger partial charge on any atom is 0.274 e. The average Bonchev–Trinajstić information content (AvgIpc) is 3.38. The van der Waals surface area contributed by atoms with E-state index < -0.39 is 0 Å². The molecule has 0 fully saturated rings. The summed E-state index contributed by atoms with van der Waals surface area (Å²) in [7, 11) is 1.85. The molecule has 0 spiro atoms. The minimum Gasteiger partial charge on any atom is -0.493 e. The zero-order chi connectivity index (χ0) is 21.4. The topological polar surface area (TPSA) is 65.8 Å². The molecule has 7 heteroatoms. The van der Waals surface area contributed by atoms with E-state index in [1.165, 1.54) is 5.56 Å². The predicted octanol–water partition coefficient (Wildman–Crippen LogP) is 3.28. The van der Waals surface area contributed by atoms with Gasteiger partial charge in [-0.3, -0.25) is 9.48 Å². The molecule has 0 atom stereocenters. The molecule has 0 aliphatic carbocycles. The zero-order valence-corrected chi connectivity index (χ0v) is 17.8. The quantitative estimate of drug-likeness (QED) is 0.635. The van der Waals surface area contributed by atoms with E-state index in [0.717, 1.165) is 40.5 Å². The summed E-state index contributed by atoms with van der Waals surface area (Å²) in [6, 6.07) is 13.8. The Bertz CT molecular complexity index is 1120. The Labute approximate surface area is 181 Å². The average molecular weight is 419 g/mol. The minimum absolute atomic E-state index is 0.102. The van der Waals surface area contributed by atoms with E-state index >= 15 is 0 Å². The molecule has 2 aliphatic heterocycles. The smallest absolute Gasteiger partial charge is 0.274 e. The molecular weight excluding hydrogens is 394 g/mol. The van der Waals surface area contributed by atoms with Crippen LogP contribution in [-0.2, 0) is 26.6 Å². The molecule has 3 aromatic rings. The summed E-state index contributed by atoms with van der Waals surface area (Å²) < 4.78 is 18.7. The Kier molecular flexibility index (Phi) is 5.02. The lowest BCUT2D eigenvalue weighted by atomic mass is 10.1. The number of nitrogens with zero attached hydrogens (tertiary/aromatic N) is 3. The van der Waals surface area contributed by atoms with Crippen LogP contribution < -0.4 is 14.2 Å². The van der Waals surface area contributed by atoms with Gasteiger partial charge in [0.15, 0.2) is 17.2 Å². The number of carbonyl (C=O) groups excluding carboxylic acids is 1. The molecule has 0 unspecified atom stereocenters. The van der Waals surface area contributed by atoms with Crippen LogP contribution in [0.1, 0.15) is 32.9 Å². The van der Waals surface area contributed by atoms with Crippen molar-refractivity contribution in [2.45, 2.75) is 26.4 Å². The fraction of sp³-hybridized carbons (Fsp3) is 0.333. The normalized spacial score (nSPS) is 14.1. The molecule has 1 aromatic heterocycles. The number of hydrogen-bond donors (Lipinski definition) is 0. The number of amides is 1. The summed E-state index contributed by atoms with van der Waals surface area (Å²) in [5.41, 5.74) is 4.63. The molecule has 3 heterocycles. The van der Waals surface area contributed by atoms with Gasteiger partial charge in [-0.05, 0) is 47.9 Å². The number of benzene rings is 2. The van der Waals surface area contributed by atoms with Gasteiger partial charge in [-0.2, -0.15) is 5.10 Å². The standard InChI is InChI=1S/C24H25N3O4/c1-16-11-20(25-26(16)2)24(28)27(14-17-3-5-21-19(12-17)7-8-29-21)15-18-4-6-22-23(13-18)31-10-9-30-22/h3-6,11-13H,7-10,14-15H2,1-2H3. The molecule has 0 radical (unpaired) electrons. The number of fused-ring (bicyclic) bond motifs is 2. The zero-order valence-electron chi connectivity index (χ0n) is 17.8. The highest BCUT2D eigenvalue weighted by molar-refractivity contribution is 5.92. The van der Waals surface area contributed by atoms with Crippen molar-refractivity contribution in [2.75, 3.05) is 19.8 Å². The number of aryl methyl sites for hydroxylation is 2. The summed E-state index contributed by atoms with van der Waals surface area (Å²) in [5, 5.41) is 4.40. The Hall–Kier alpha value is -3.48. The van der Waals surface area contributed by atoms with E-state index in [0.29, 0.717) is 38.6 Å². The summed E-state index contributed by atoms with van der Waals surface area (Å²) in [4.78, 5) is 15.2. The van der Waals surface area contributed by atoms with Crippen molar-refractivity contribution >= 4 is 5.91 Å². The van der Waals surface area contributed by atoms with E-state index in [4.69, 9.17) is 14.2 Å². The van der Waals surface area contributed by atoms with Gasteiger partial charge in [0.2, 0.25) is 0 Å². The van der Waals surface area contributed by atoms with Gasteiger partial charge in [0.25, 0.3) is 5.91 Å². The van der Waals surface area contributed by atoms with Crippen molar-refractivity contribution in [3.8, 4) is 17.2 Å². The lowest BCUT2D eigenvalue weighted by molar-refractivity contribution is 0.0722. The molecule has 2 aliphatic rings. The van der Waals surface area contributed by atoms with Gasteiger partial charge in [-0.25, -0.2) is 0 Å². The van der Waals surface area contributed by atoms with E-state index in [9.17, 15) is 4.79 Å². The second-order valence-corrected chi connectivity index (χ2v) is 7.97. The summed E-state index contributed by atoms with van der Waals surface area (Å²) >= 11 is 0. The van der Waals surface area contributed by atoms with E-state index in [1.807, 2.05) is 55.3 Å². The van der Waals surface area contributed by atoms with Gasteiger partial charge < -0.3 is 19.1 Å². The number of aromatic nitrogens is 2. The third-order valence-corrected chi connectivity index (χ3v) is 5.73. The minimum atomic E-state index is -0.102. The number of rotatable bonds is 5. The number of hydrogen-bond acceptors (Lipinski definition) is 5. The van der Waals surface area contributed by atoms with Crippen LogP contribution in [0.25, 0.3) is 0 Å². The highest BCUT2D eigenvalue weighted by Gasteiger charge is 2.22. The molecule has 0 saturated heterocycles. The summed E-state index contributed by atoms with van der Waals surface area (Å²) in [6.45, 7) is 4.66. The van der Waals surface area contributed by atoms with Crippen LogP contribution in [0.2, 0.25) is 0 Å². The summed E-state index contributed by atoms with van der Waals surface area (Å²) in [5.74, 6) is 2.30. The first-order valence-corrected chi connectivity index (χ1v) is 10.5. The van der Waals surface area contributed by atoms with Gasteiger partial charge in [0.1, 0.15) is 19.0 Å². The van der Waals surface area contributed by atoms with Crippen LogP contribution in [-0.4, -0.2) is 40.4 Å². The third-order valence-electron chi connectivity index (χ3n) is 5.73. The first-order chi connectivity index (χ1) is 15.1. The van der Waals surface area contributed by atoms with Crippen LogP contribution >= 0.6 is 0 Å². The molecule has 1 amide bonds. The largest absolute Gasteiger partial charge is 0.493 e. The van der Waals surface area contributed by atoms with Crippen molar-refractivity contribution in [2.24, 2.45) is 7.05 Å². The third kappa shape index (κ3) is 3.95. The van der Waals surface area contributed by atoms with Gasteiger partial charge in [0.05, 0.1) is 6.61 Å². The highest BCUT2D eigenvalue weighted by atomic mass is 16.6. The van der Waals surface area contributed by atoms with Crippen molar-refractivity contribution in [1.29, 1.82) is 0 Å². The van der Waals surface area contributed by atoms with Crippen LogP contribution in [0.5, 0.6) is 17.2 Å². The molecule has 160 valence electrons. The molecule has 31 heavy (non-hydrogen) atoms. The van der Waals surface area contributed by atoms with Crippen molar-refractivity contribution in [3.05, 3.63) is 70.5 Å². The SMILES string of the molecule is Cc1cc(C(=O)N(Cc2ccc3c(c2)CCO3)Cc2ccc3c(c2)OCCO3)nn1C. The second kappa shape index (κ2) is 7.98. The fourth-order valence-corrected chi connectivity index (χ4v) is 3.99. The highest BCUT2D eigenvalue weighted by Crippen LogP contribution is 2.32. The Morgan fingerprint density at radius 3 is 2.35 bits per heavy atom. The molecule has 0 N–H and O–H groups in total. The van der Waals surface area contributed by atoms with Crippen molar-refractivity contribution in [3.63, 3.8) is 0 Å². The molecule has 2 aromatic carbocycles. The van der Waals surface area contributed by atoms with Crippen LogP contribution in [0.15, 0.2) is 42.5 Å². The van der Waals surface area contributed by atoms with Gasteiger partial charge in [-0.15, -0.1) is 0 Å². The second-order valence-electron chi connectivity index (χ2n) is 7.97. The van der Waals surface area contributed by atoms with E-state index in [2.05, 4.69) is 11.2 Å². The molecule has 0 saturated carbocycles. The van der Waals surface area contributed by atoms with E-state index in [-0.39, 0.29) is 5.91 Å². The number of ether oxygens (including phenoxy) is 3. The fourth-order valence-electron chi connectivity index (χ4n) is 3.99. The Morgan fingerprint density at radius 1 is 0.935 bits per heavy atom. The first-order valence-electron chi connectivity index (χ1n) is 10.5.